The predicted molar refractivity (Wildman–Crippen MR) is 216 cm³/mol. The number of carbonyl (C=O) groups is 1. The van der Waals surface area contributed by atoms with E-state index < -0.39 is 0 Å². The molecule has 0 aliphatic heterocycles. The number of allylic oxidation sites excluding steroid dienone is 5. The first-order chi connectivity index (χ1) is 27.7. The van der Waals surface area contributed by atoms with Crippen LogP contribution in [0.5, 0.6) is 0 Å². The zero-order valence-electron chi connectivity index (χ0n) is 32.1. The van der Waals surface area contributed by atoms with E-state index in [1.165, 1.54) is 38.5 Å². The quantitative estimate of drug-likeness (QED) is 0.147. The van der Waals surface area contributed by atoms with E-state index in [1.54, 1.807) is 38.3 Å². The van der Waals surface area contributed by atoms with Crippen LogP contribution in [0.4, 0.5) is 0 Å². The van der Waals surface area contributed by atoms with Crippen LogP contribution < -0.4 is 20.9 Å². The molecule has 0 saturated heterocycles. The predicted octanol–water partition coefficient (Wildman–Crippen LogP) is 7.35. The summed E-state index contributed by atoms with van der Waals surface area (Å²) in [4.78, 5) is 13.4. The van der Waals surface area contributed by atoms with Crippen LogP contribution in [0.1, 0.15) is 122 Å². The number of hydrogen-bond acceptors (Lipinski definition) is 2. The number of benzene rings is 3. The van der Waals surface area contributed by atoms with E-state index in [2.05, 4.69) is 61.6 Å². The Labute approximate surface area is 326 Å². The second kappa shape index (κ2) is 8.10. The second-order valence-electron chi connectivity index (χ2n) is 21.2. The fourth-order valence-corrected chi connectivity index (χ4v) is 20.7. The molecule has 3 aromatic rings. The van der Waals surface area contributed by atoms with Gasteiger partial charge in [0.25, 0.3) is 0 Å². The average molecular weight is 725 g/mol. The molecule has 0 N–H and O–H groups in total. The van der Waals surface area contributed by atoms with Gasteiger partial charge in [-0.2, -0.15) is 0 Å². The van der Waals surface area contributed by atoms with Gasteiger partial charge in [0, 0.05) is 46.3 Å². The van der Waals surface area contributed by atoms with Gasteiger partial charge in [0.2, 0.25) is 0 Å². The van der Waals surface area contributed by atoms with Gasteiger partial charge < -0.3 is 4.74 Å². The Morgan fingerprint density at radius 3 is 1.82 bits per heavy atom. The van der Waals surface area contributed by atoms with Crippen molar-refractivity contribution in [2.24, 2.45) is 47.3 Å². The number of rotatable bonds is 7. The summed E-state index contributed by atoms with van der Waals surface area (Å²) in [6.45, 7) is 2.65. The molecule has 18 rings (SSSR count). The van der Waals surface area contributed by atoms with Crippen molar-refractivity contribution in [3.8, 4) is 11.1 Å². The van der Waals surface area contributed by atoms with Gasteiger partial charge in [-0.25, -0.2) is 0 Å². The molecule has 0 bridgehead atoms. The van der Waals surface area contributed by atoms with Crippen molar-refractivity contribution in [1.82, 2.24) is 0 Å². The normalized spacial score (nSPS) is 43.7. The van der Waals surface area contributed by atoms with Gasteiger partial charge in [-0.1, -0.05) is 89.4 Å². The zero-order valence-corrected chi connectivity index (χ0v) is 32.1. The SMILES string of the molecule is CCCOC(=O)CCCC1(c2ccccc2)C23c4c5c6c7c8c4=C4CCC=8C8C=CC9C%10C=CC%11C%12=c%13c%14c(c-5c5c%13=C(CC%12)C(CCC42)C513)C6=C(C9C78)C%10C%14%11. The summed E-state index contributed by atoms with van der Waals surface area (Å²) in [5, 5.41) is 7.24. The molecule has 2 nitrogen and oxygen atoms in total. The lowest BCUT2D eigenvalue weighted by atomic mass is 9.59. The van der Waals surface area contributed by atoms with Gasteiger partial charge in [0.1, 0.15) is 0 Å². The maximum Gasteiger partial charge on any atom is 0.305 e. The van der Waals surface area contributed by atoms with Crippen molar-refractivity contribution < 1.29 is 9.53 Å². The van der Waals surface area contributed by atoms with Crippen molar-refractivity contribution in [2.45, 2.75) is 99.2 Å². The van der Waals surface area contributed by atoms with Crippen molar-refractivity contribution >= 4 is 33.8 Å². The number of esters is 1. The van der Waals surface area contributed by atoms with Crippen LogP contribution in [-0.2, 0) is 25.8 Å². The van der Waals surface area contributed by atoms with Gasteiger partial charge in [-0.15, -0.1) is 0 Å². The molecule has 12 unspecified atom stereocenters. The van der Waals surface area contributed by atoms with E-state index >= 15 is 0 Å². The Balaban J connectivity index is 1.08. The Hall–Kier alpha value is -4.17. The maximum absolute atomic E-state index is 13.4. The van der Waals surface area contributed by atoms with Crippen LogP contribution >= 0.6 is 0 Å². The van der Waals surface area contributed by atoms with Gasteiger partial charge in [0.15, 0.2) is 0 Å². The molecule has 2 heteroatoms. The Morgan fingerprint density at radius 2 is 1.25 bits per heavy atom. The summed E-state index contributed by atoms with van der Waals surface area (Å²) >= 11 is 0. The van der Waals surface area contributed by atoms with E-state index in [4.69, 9.17) is 4.74 Å². The van der Waals surface area contributed by atoms with Crippen LogP contribution in [0, 0.1) is 47.3 Å². The van der Waals surface area contributed by atoms with E-state index in [1.807, 2.05) is 66.1 Å². The average Bonchev–Trinajstić information content (AvgIpc) is 3.88. The molecule has 0 aromatic heterocycles. The summed E-state index contributed by atoms with van der Waals surface area (Å²) in [6, 6.07) is 12.1. The van der Waals surface area contributed by atoms with Crippen LogP contribution in [0.2, 0.25) is 0 Å². The lowest BCUT2D eigenvalue weighted by Gasteiger charge is -2.43. The van der Waals surface area contributed by atoms with Crippen molar-refractivity contribution in [3.63, 3.8) is 0 Å². The van der Waals surface area contributed by atoms with Gasteiger partial charge in [0.05, 0.1) is 6.61 Å². The fraction of sp³-hybridized carbons (Fsp3) is 0.463. The highest BCUT2D eigenvalue weighted by Gasteiger charge is 2.96. The molecule has 0 heterocycles. The highest BCUT2D eigenvalue weighted by molar-refractivity contribution is 6.14. The highest BCUT2D eigenvalue weighted by Crippen LogP contribution is 2.94. The standard InChI is InChI=1S/C54H44O2/c1-2-21-56-33(55)9-6-20-52(22-7-4-3-5-8-22)53-31-18-19-32-30-17-15-28-26-13-11-24-23-10-12-25-27-14-16-29(31)40-38(27)43-36(25)34(23)42-35(24)37(26)44-39(28)41(30)51(54(32,52)53)49-47(44)45(42)46(43)48(49)50(40)53/h3-5,7-8,10-13,23-26,31-32,34-37H,2,6,9,14-21H2,1H3. The molecule has 3 fully saturated rings. The summed E-state index contributed by atoms with van der Waals surface area (Å²) in [7, 11) is 0. The van der Waals surface area contributed by atoms with Gasteiger partial charge in [-0.05, 0) is 170 Å². The van der Waals surface area contributed by atoms with Crippen LogP contribution in [0.3, 0.4) is 0 Å². The first-order valence-corrected chi connectivity index (χ1v) is 23.0. The minimum Gasteiger partial charge on any atom is -0.466 e. The van der Waals surface area contributed by atoms with Gasteiger partial charge >= 0.3 is 5.97 Å². The van der Waals surface area contributed by atoms with Crippen molar-refractivity contribution in [3.05, 3.63) is 120 Å². The zero-order chi connectivity index (χ0) is 35.7. The lowest BCUT2D eigenvalue weighted by Crippen LogP contribution is -2.43. The maximum atomic E-state index is 13.4. The van der Waals surface area contributed by atoms with Crippen molar-refractivity contribution in [1.29, 1.82) is 0 Å². The number of ether oxygens (including phenoxy) is 1. The minimum atomic E-state index is -0.0266. The molecule has 272 valence electrons. The molecule has 0 amide bonds. The number of carbonyl (C=O) groups excluding carboxylic acids is 1. The Morgan fingerprint density at radius 1 is 0.679 bits per heavy atom. The summed E-state index contributed by atoms with van der Waals surface area (Å²) < 4.78 is 5.79. The topological polar surface area (TPSA) is 26.3 Å². The first kappa shape index (κ1) is 28.3. The number of hydrogen-bond donors (Lipinski definition) is 0. The van der Waals surface area contributed by atoms with E-state index in [-0.39, 0.29) is 22.2 Å². The smallest absolute Gasteiger partial charge is 0.305 e. The molecule has 12 atom stereocenters. The molecular formula is C54H44O2. The lowest BCUT2D eigenvalue weighted by molar-refractivity contribution is -0.143. The monoisotopic (exact) mass is 724 g/mol. The number of fused-ring (bicyclic) bond motifs is 5. The summed E-state index contributed by atoms with van der Waals surface area (Å²) in [5.74, 6) is 6.40. The third-order valence-electron chi connectivity index (χ3n) is 20.8. The molecular weight excluding hydrogens is 681 g/mol. The summed E-state index contributed by atoms with van der Waals surface area (Å²) in [6.07, 6.45) is 22.3. The van der Waals surface area contributed by atoms with Crippen LogP contribution in [0.15, 0.2) is 60.2 Å². The third-order valence-corrected chi connectivity index (χ3v) is 20.8. The first-order valence-electron chi connectivity index (χ1n) is 23.0. The molecule has 0 radical (unpaired) electrons. The largest absolute Gasteiger partial charge is 0.466 e. The second-order valence-corrected chi connectivity index (χ2v) is 21.2. The molecule has 3 aromatic carbocycles. The van der Waals surface area contributed by atoms with Crippen LogP contribution in [0.25, 0.3) is 39.0 Å². The summed E-state index contributed by atoms with van der Waals surface area (Å²) in [5.41, 5.74) is 27.6. The molecule has 3 saturated carbocycles. The Bertz CT molecular complexity index is 2920. The van der Waals surface area contributed by atoms with Crippen molar-refractivity contribution in [2.75, 3.05) is 6.61 Å². The van der Waals surface area contributed by atoms with Gasteiger partial charge in [-0.3, -0.25) is 4.79 Å². The molecule has 15 aliphatic carbocycles. The fourth-order valence-electron chi connectivity index (χ4n) is 20.7. The van der Waals surface area contributed by atoms with Crippen LogP contribution in [-0.4, -0.2) is 12.6 Å². The van der Waals surface area contributed by atoms with E-state index in [9.17, 15) is 4.79 Å². The van der Waals surface area contributed by atoms with E-state index in [0.29, 0.717) is 72.2 Å². The third kappa shape index (κ3) is 2.15. The molecule has 2 spiro atoms. The highest BCUT2D eigenvalue weighted by atomic mass is 16.5. The molecule has 15 aliphatic rings. The minimum absolute atomic E-state index is 0.0102. The Kier molecular flexibility index (Phi) is 4.09. The molecule has 56 heavy (non-hydrogen) atoms. The van der Waals surface area contributed by atoms with E-state index in [0.717, 1.165) is 19.3 Å².